The molecule has 0 aromatic carbocycles. The predicted octanol–water partition coefficient (Wildman–Crippen LogP) is 10.4. The molecule has 0 aromatic heterocycles. The molecule has 0 radical (unpaired) electrons. The maximum atomic E-state index is 12.1. The van der Waals surface area contributed by atoms with Crippen LogP contribution in [0, 0.1) is 11.8 Å². The fraction of sp³-hybridized carbons (Fsp3) is 0.967. The minimum absolute atomic E-state index is 0.00626. The molecule has 2 atom stereocenters. The van der Waals surface area contributed by atoms with E-state index < -0.39 is 0 Å². The van der Waals surface area contributed by atoms with Gasteiger partial charge in [-0.25, -0.2) is 0 Å². The lowest BCUT2D eigenvalue weighted by Crippen LogP contribution is -2.19. The van der Waals surface area contributed by atoms with Crippen molar-refractivity contribution < 1.29 is 9.53 Å². The Balaban J connectivity index is 3.89. The second-order valence-corrected chi connectivity index (χ2v) is 10.4. The van der Waals surface area contributed by atoms with Gasteiger partial charge >= 0.3 is 5.97 Å². The van der Waals surface area contributed by atoms with Crippen LogP contribution in [0.3, 0.4) is 0 Å². The van der Waals surface area contributed by atoms with E-state index in [4.69, 9.17) is 4.74 Å². The van der Waals surface area contributed by atoms with Gasteiger partial charge in [0.15, 0.2) is 0 Å². The summed E-state index contributed by atoms with van der Waals surface area (Å²) < 4.78 is 5.69. The van der Waals surface area contributed by atoms with Gasteiger partial charge in [0, 0.05) is 0 Å². The van der Waals surface area contributed by atoms with Crippen LogP contribution < -0.4 is 0 Å². The average molecular weight is 453 g/mol. The van der Waals surface area contributed by atoms with Gasteiger partial charge in [0.25, 0.3) is 0 Å². The Morgan fingerprint density at radius 1 is 0.562 bits per heavy atom. The van der Waals surface area contributed by atoms with Crippen LogP contribution in [0.2, 0.25) is 0 Å². The third-order valence-corrected chi connectivity index (χ3v) is 7.16. The van der Waals surface area contributed by atoms with E-state index in [2.05, 4.69) is 20.8 Å². The first-order valence-corrected chi connectivity index (χ1v) is 14.8. The maximum absolute atomic E-state index is 12.1. The molecule has 0 fully saturated rings. The smallest absolute Gasteiger partial charge is 0.308 e. The minimum Gasteiger partial charge on any atom is -0.465 e. The summed E-state index contributed by atoms with van der Waals surface area (Å²) in [6, 6.07) is 0. The molecule has 32 heavy (non-hydrogen) atoms. The first-order valence-electron chi connectivity index (χ1n) is 14.8. The molecule has 0 bridgehead atoms. The highest BCUT2D eigenvalue weighted by atomic mass is 16.5. The van der Waals surface area contributed by atoms with Crippen LogP contribution in [-0.2, 0) is 9.53 Å². The second kappa shape index (κ2) is 25.1. The number of ether oxygens (including phenoxy) is 1. The van der Waals surface area contributed by atoms with Crippen LogP contribution in [-0.4, -0.2) is 12.6 Å². The summed E-state index contributed by atoms with van der Waals surface area (Å²) in [6.07, 6.45) is 29.7. The molecular formula is C30H60O2. The van der Waals surface area contributed by atoms with Gasteiger partial charge < -0.3 is 4.74 Å². The molecule has 2 heteroatoms. The van der Waals surface area contributed by atoms with Gasteiger partial charge in [0.1, 0.15) is 0 Å². The third-order valence-electron chi connectivity index (χ3n) is 7.16. The Bertz CT molecular complexity index is 379. The molecule has 192 valence electrons. The highest BCUT2D eigenvalue weighted by Gasteiger charge is 2.16. The van der Waals surface area contributed by atoms with Crippen molar-refractivity contribution in [3.8, 4) is 0 Å². The molecule has 0 rings (SSSR count). The first-order chi connectivity index (χ1) is 15.7. The van der Waals surface area contributed by atoms with E-state index in [9.17, 15) is 4.79 Å². The van der Waals surface area contributed by atoms with E-state index in [1.54, 1.807) is 0 Å². The molecule has 0 aliphatic heterocycles. The molecule has 0 saturated carbocycles. The number of rotatable bonds is 25. The standard InChI is InChI=1S/C30H60O2/c1-5-8-10-12-14-15-16-17-18-20-22-24-26-29(27-32-30(31)28(4)7-3)25-23-21-19-13-11-9-6-2/h28-29H,5-27H2,1-4H3. The minimum atomic E-state index is 0.00626. The van der Waals surface area contributed by atoms with Crippen LogP contribution in [0.25, 0.3) is 0 Å². The average Bonchev–Trinajstić information content (AvgIpc) is 2.81. The van der Waals surface area contributed by atoms with Gasteiger partial charge in [-0.2, -0.15) is 0 Å². The lowest BCUT2D eigenvalue weighted by Gasteiger charge is -2.18. The molecule has 0 N–H and O–H groups in total. The van der Waals surface area contributed by atoms with E-state index in [0.717, 1.165) is 6.42 Å². The summed E-state index contributed by atoms with van der Waals surface area (Å²) in [6.45, 7) is 9.27. The Morgan fingerprint density at radius 2 is 0.906 bits per heavy atom. The summed E-state index contributed by atoms with van der Waals surface area (Å²) in [5, 5.41) is 0. The van der Waals surface area contributed by atoms with Gasteiger partial charge in [0.2, 0.25) is 0 Å². The van der Waals surface area contributed by atoms with Crippen molar-refractivity contribution in [1.82, 2.24) is 0 Å². The second-order valence-electron chi connectivity index (χ2n) is 10.4. The number of esters is 1. The van der Waals surface area contributed by atoms with Crippen molar-refractivity contribution in [1.29, 1.82) is 0 Å². The van der Waals surface area contributed by atoms with Crippen molar-refractivity contribution in [2.75, 3.05) is 6.61 Å². The molecule has 0 aliphatic rings. The van der Waals surface area contributed by atoms with Crippen molar-refractivity contribution in [2.45, 2.75) is 169 Å². The number of hydrogen-bond acceptors (Lipinski definition) is 2. The summed E-state index contributed by atoms with van der Waals surface area (Å²) in [5.41, 5.74) is 0. The normalized spacial score (nSPS) is 13.2. The third kappa shape index (κ3) is 21.3. The molecule has 0 aromatic rings. The zero-order chi connectivity index (χ0) is 23.7. The van der Waals surface area contributed by atoms with Gasteiger partial charge in [-0.1, -0.05) is 150 Å². The fourth-order valence-electron chi connectivity index (χ4n) is 4.48. The van der Waals surface area contributed by atoms with Gasteiger partial charge in [-0.05, 0) is 25.2 Å². The lowest BCUT2D eigenvalue weighted by atomic mass is 9.94. The highest BCUT2D eigenvalue weighted by Crippen LogP contribution is 2.21. The Labute approximate surface area is 203 Å². The largest absolute Gasteiger partial charge is 0.465 e. The van der Waals surface area contributed by atoms with Crippen molar-refractivity contribution >= 4 is 5.97 Å². The quantitative estimate of drug-likeness (QED) is 0.102. The number of unbranched alkanes of at least 4 members (excludes halogenated alkanes) is 17. The van der Waals surface area contributed by atoms with Gasteiger partial charge in [-0.3, -0.25) is 4.79 Å². The van der Waals surface area contributed by atoms with E-state index in [1.165, 1.54) is 135 Å². The van der Waals surface area contributed by atoms with Gasteiger partial charge in [0.05, 0.1) is 12.5 Å². The van der Waals surface area contributed by atoms with Gasteiger partial charge in [-0.15, -0.1) is 0 Å². The van der Waals surface area contributed by atoms with E-state index in [1.807, 2.05) is 6.92 Å². The summed E-state index contributed by atoms with van der Waals surface area (Å²) in [7, 11) is 0. The lowest BCUT2D eigenvalue weighted by molar-refractivity contribution is -0.149. The van der Waals surface area contributed by atoms with Crippen LogP contribution in [0.4, 0.5) is 0 Å². The SMILES string of the molecule is CCCCCCCCCCCCCCC(CCCCCCCCC)COC(=O)C(C)CC. The number of carbonyl (C=O) groups excluding carboxylic acids is 1. The number of carbonyl (C=O) groups is 1. The molecule has 0 heterocycles. The maximum Gasteiger partial charge on any atom is 0.308 e. The van der Waals surface area contributed by atoms with Crippen molar-refractivity contribution in [2.24, 2.45) is 11.8 Å². The number of hydrogen-bond donors (Lipinski definition) is 0. The molecule has 0 saturated heterocycles. The molecule has 0 spiro atoms. The van der Waals surface area contributed by atoms with E-state index >= 15 is 0 Å². The highest BCUT2D eigenvalue weighted by molar-refractivity contribution is 5.71. The van der Waals surface area contributed by atoms with Crippen LogP contribution >= 0.6 is 0 Å². The molecular weight excluding hydrogens is 392 g/mol. The van der Waals surface area contributed by atoms with Crippen LogP contribution in [0.1, 0.15) is 169 Å². The van der Waals surface area contributed by atoms with Crippen molar-refractivity contribution in [3.05, 3.63) is 0 Å². The topological polar surface area (TPSA) is 26.3 Å². The Kier molecular flexibility index (Phi) is 24.7. The summed E-state index contributed by atoms with van der Waals surface area (Å²) >= 11 is 0. The Morgan fingerprint density at radius 3 is 1.25 bits per heavy atom. The van der Waals surface area contributed by atoms with E-state index in [0.29, 0.717) is 12.5 Å². The zero-order valence-corrected chi connectivity index (χ0v) is 22.7. The first kappa shape index (κ1) is 31.5. The molecule has 0 amide bonds. The molecule has 2 unspecified atom stereocenters. The fourth-order valence-corrected chi connectivity index (χ4v) is 4.48. The van der Waals surface area contributed by atoms with E-state index in [-0.39, 0.29) is 11.9 Å². The molecule has 0 aliphatic carbocycles. The molecule has 2 nitrogen and oxygen atoms in total. The predicted molar refractivity (Wildman–Crippen MR) is 142 cm³/mol. The summed E-state index contributed by atoms with van der Waals surface area (Å²) in [5.74, 6) is 0.620. The Hall–Kier alpha value is -0.530. The zero-order valence-electron chi connectivity index (χ0n) is 22.7. The van der Waals surface area contributed by atoms with Crippen LogP contribution in [0.15, 0.2) is 0 Å². The monoisotopic (exact) mass is 452 g/mol. The van der Waals surface area contributed by atoms with Crippen molar-refractivity contribution in [3.63, 3.8) is 0 Å². The summed E-state index contributed by atoms with van der Waals surface area (Å²) in [4.78, 5) is 12.1. The van der Waals surface area contributed by atoms with Crippen LogP contribution in [0.5, 0.6) is 0 Å².